The third-order valence-corrected chi connectivity index (χ3v) is 2.45. The quantitative estimate of drug-likeness (QED) is 0.388. The highest BCUT2D eigenvalue weighted by atomic mass is 127. The molecule has 1 aromatic carbocycles. The van der Waals surface area contributed by atoms with E-state index < -0.39 is 16.7 Å². The summed E-state index contributed by atoms with van der Waals surface area (Å²) in [7, 11) is 0. The summed E-state index contributed by atoms with van der Waals surface area (Å²) in [4.78, 5) is 0. The molecule has 0 aliphatic rings. The van der Waals surface area contributed by atoms with Crippen LogP contribution in [-0.4, -0.2) is 0 Å². The third kappa shape index (κ3) is 1.76. The van der Waals surface area contributed by atoms with E-state index in [1.54, 1.807) is 22.6 Å². The highest BCUT2D eigenvalue weighted by Crippen LogP contribution is 2.28. The minimum absolute atomic E-state index is 0.166. The van der Waals surface area contributed by atoms with Crippen LogP contribution in [-0.2, 0) is 0 Å². The van der Waals surface area contributed by atoms with E-state index in [0.29, 0.717) is 0 Å². The summed E-state index contributed by atoms with van der Waals surface area (Å²) in [5.74, 6) is -1.68. The molecule has 0 saturated carbocycles. The van der Waals surface area contributed by atoms with Gasteiger partial charge in [-0.2, -0.15) is 0 Å². The van der Waals surface area contributed by atoms with E-state index in [1.165, 1.54) is 6.07 Å². The van der Waals surface area contributed by atoms with Gasteiger partial charge in [-0.25, -0.2) is 8.78 Å². The average molecular weight is 309 g/mol. The fourth-order valence-electron chi connectivity index (χ4n) is 0.544. The second-order valence-corrected chi connectivity index (χ2v) is 3.73. The molecule has 0 unspecified atom stereocenters. The van der Waals surface area contributed by atoms with Crippen LogP contribution < -0.4 is 0 Å². The summed E-state index contributed by atoms with van der Waals surface area (Å²) >= 11 is 12.3. The van der Waals surface area contributed by atoms with Crippen molar-refractivity contribution in [2.45, 2.75) is 0 Å². The molecule has 1 aromatic rings. The Bertz CT molecular complexity index is 275. The standard InChI is InChI=1S/C6HCl2F2I/c7-2-1-3(11)6(10)4(8)5(2)9/h1H. The summed E-state index contributed by atoms with van der Waals surface area (Å²) in [6.07, 6.45) is 0. The van der Waals surface area contributed by atoms with E-state index in [4.69, 9.17) is 23.2 Å². The van der Waals surface area contributed by atoms with Crippen molar-refractivity contribution in [3.8, 4) is 0 Å². The average Bonchev–Trinajstić information content (AvgIpc) is 1.97. The van der Waals surface area contributed by atoms with E-state index in [-0.39, 0.29) is 8.59 Å². The van der Waals surface area contributed by atoms with Crippen LogP contribution in [0, 0.1) is 15.2 Å². The third-order valence-electron chi connectivity index (χ3n) is 1.06. The molecule has 1 rings (SSSR count). The molecular weight excluding hydrogens is 308 g/mol. The largest absolute Gasteiger partial charge is 0.204 e. The molecule has 0 atom stereocenters. The van der Waals surface area contributed by atoms with Crippen LogP contribution >= 0.6 is 45.8 Å². The van der Waals surface area contributed by atoms with Crippen molar-refractivity contribution >= 4 is 45.8 Å². The smallest absolute Gasteiger partial charge is 0.163 e. The fourth-order valence-corrected chi connectivity index (χ4v) is 1.92. The van der Waals surface area contributed by atoms with E-state index in [2.05, 4.69) is 0 Å². The van der Waals surface area contributed by atoms with Crippen LogP contribution in [0.1, 0.15) is 0 Å². The van der Waals surface area contributed by atoms with Gasteiger partial charge in [-0.05, 0) is 28.7 Å². The predicted molar refractivity (Wildman–Crippen MR) is 49.1 cm³/mol. The van der Waals surface area contributed by atoms with Crippen molar-refractivity contribution in [2.75, 3.05) is 0 Å². The van der Waals surface area contributed by atoms with E-state index >= 15 is 0 Å². The number of benzene rings is 1. The maximum atomic E-state index is 12.7. The highest BCUT2D eigenvalue weighted by Gasteiger charge is 2.13. The number of hydrogen-bond donors (Lipinski definition) is 0. The molecule has 60 valence electrons. The molecule has 0 aliphatic heterocycles. The lowest BCUT2D eigenvalue weighted by molar-refractivity contribution is 0.579. The second kappa shape index (κ2) is 3.41. The fraction of sp³-hybridized carbons (Fsp3) is 0. The molecule has 0 amide bonds. The Balaban J connectivity index is 3.46. The molecule has 0 spiro atoms. The first-order valence-electron chi connectivity index (χ1n) is 2.52. The maximum absolute atomic E-state index is 12.7. The van der Waals surface area contributed by atoms with Gasteiger partial charge in [-0.3, -0.25) is 0 Å². The molecular formula is C6HCl2F2I. The Morgan fingerprint density at radius 2 is 1.73 bits per heavy atom. The van der Waals surface area contributed by atoms with Crippen molar-refractivity contribution < 1.29 is 8.78 Å². The van der Waals surface area contributed by atoms with Gasteiger partial charge in [0.15, 0.2) is 11.6 Å². The van der Waals surface area contributed by atoms with Gasteiger partial charge >= 0.3 is 0 Å². The number of rotatable bonds is 0. The first-order valence-corrected chi connectivity index (χ1v) is 4.36. The van der Waals surface area contributed by atoms with Gasteiger partial charge in [0.25, 0.3) is 0 Å². The zero-order valence-electron chi connectivity index (χ0n) is 4.97. The summed E-state index contributed by atoms with van der Waals surface area (Å²) in [5.41, 5.74) is 0. The Kier molecular flexibility index (Phi) is 2.94. The lowest BCUT2D eigenvalue weighted by Gasteiger charge is -2.00. The van der Waals surface area contributed by atoms with Crippen LogP contribution in [0.3, 0.4) is 0 Å². The van der Waals surface area contributed by atoms with Gasteiger partial charge in [-0.1, -0.05) is 23.2 Å². The van der Waals surface area contributed by atoms with E-state index in [9.17, 15) is 8.78 Å². The molecule has 0 heterocycles. The van der Waals surface area contributed by atoms with Crippen molar-refractivity contribution in [3.05, 3.63) is 31.3 Å². The van der Waals surface area contributed by atoms with Crippen LogP contribution in [0.25, 0.3) is 0 Å². The van der Waals surface area contributed by atoms with Crippen molar-refractivity contribution in [2.24, 2.45) is 0 Å². The van der Waals surface area contributed by atoms with Crippen LogP contribution in [0.2, 0.25) is 10.0 Å². The molecule has 11 heavy (non-hydrogen) atoms. The van der Waals surface area contributed by atoms with E-state index in [0.717, 1.165) is 0 Å². The molecule has 0 bridgehead atoms. The van der Waals surface area contributed by atoms with Gasteiger partial charge in [0.1, 0.15) is 5.02 Å². The maximum Gasteiger partial charge on any atom is 0.163 e. The normalized spacial score (nSPS) is 10.3. The minimum atomic E-state index is -0.911. The van der Waals surface area contributed by atoms with Crippen molar-refractivity contribution in [1.82, 2.24) is 0 Å². The number of hydrogen-bond acceptors (Lipinski definition) is 0. The topological polar surface area (TPSA) is 0 Å². The minimum Gasteiger partial charge on any atom is -0.204 e. The highest BCUT2D eigenvalue weighted by molar-refractivity contribution is 14.1. The summed E-state index contributed by atoms with van der Waals surface area (Å²) in [5, 5.41) is -0.720. The molecule has 0 fully saturated rings. The van der Waals surface area contributed by atoms with Gasteiger partial charge in [0, 0.05) is 0 Å². The predicted octanol–water partition coefficient (Wildman–Crippen LogP) is 3.88. The molecule has 0 radical (unpaired) electrons. The summed E-state index contributed by atoms with van der Waals surface area (Å²) in [6, 6.07) is 1.18. The zero-order chi connectivity index (χ0) is 8.59. The van der Waals surface area contributed by atoms with Gasteiger partial charge in [0.05, 0.1) is 8.59 Å². The van der Waals surface area contributed by atoms with Crippen LogP contribution in [0.4, 0.5) is 8.78 Å². The molecule has 0 aromatic heterocycles. The Morgan fingerprint density at radius 3 is 2.27 bits per heavy atom. The van der Waals surface area contributed by atoms with Crippen molar-refractivity contribution in [3.63, 3.8) is 0 Å². The molecule has 0 nitrogen and oxygen atoms in total. The van der Waals surface area contributed by atoms with Gasteiger partial charge in [0.2, 0.25) is 0 Å². The lowest BCUT2D eigenvalue weighted by Crippen LogP contribution is -1.88. The summed E-state index contributed by atoms with van der Waals surface area (Å²) < 4.78 is 25.6. The molecule has 5 heteroatoms. The SMILES string of the molecule is Fc1c(Cl)cc(I)c(F)c1Cl. The lowest BCUT2D eigenvalue weighted by atomic mass is 10.3. The second-order valence-electron chi connectivity index (χ2n) is 1.78. The van der Waals surface area contributed by atoms with E-state index in [1.807, 2.05) is 0 Å². The Hall–Kier alpha value is 0.390. The van der Waals surface area contributed by atoms with Gasteiger partial charge in [-0.15, -0.1) is 0 Å². The first-order chi connectivity index (χ1) is 5.04. The Morgan fingerprint density at radius 1 is 1.18 bits per heavy atom. The molecule has 0 aliphatic carbocycles. The first kappa shape index (κ1) is 9.48. The zero-order valence-corrected chi connectivity index (χ0v) is 8.64. The number of halogens is 5. The van der Waals surface area contributed by atoms with Crippen LogP contribution in [0.15, 0.2) is 6.07 Å². The Labute approximate surface area is 85.6 Å². The summed E-state index contributed by atoms with van der Waals surface area (Å²) in [6.45, 7) is 0. The van der Waals surface area contributed by atoms with Crippen LogP contribution in [0.5, 0.6) is 0 Å². The molecule has 0 N–H and O–H groups in total. The monoisotopic (exact) mass is 308 g/mol. The van der Waals surface area contributed by atoms with Crippen molar-refractivity contribution in [1.29, 1.82) is 0 Å². The molecule has 0 saturated heterocycles. The van der Waals surface area contributed by atoms with Gasteiger partial charge < -0.3 is 0 Å².